The molecule has 0 bridgehead atoms. The van der Waals surface area contributed by atoms with Crippen LogP contribution in [0.15, 0.2) is 42.5 Å². The van der Waals surface area contributed by atoms with Crippen LogP contribution in [-0.4, -0.2) is 50.5 Å². The van der Waals surface area contributed by atoms with E-state index in [0.29, 0.717) is 17.8 Å². The van der Waals surface area contributed by atoms with E-state index in [1.165, 1.54) is 29.2 Å². The summed E-state index contributed by atoms with van der Waals surface area (Å²) < 4.78 is 39.5. The van der Waals surface area contributed by atoms with Crippen LogP contribution in [0.25, 0.3) is 0 Å². The van der Waals surface area contributed by atoms with Crippen molar-refractivity contribution < 1.29 is 22.4 Å². The fourth-order valence-corrected chi connectivity index (χ4v) is 4.19. The molecule has 2 amide bonds. The van der Waals surface area contributed by atoms with Gasteiger partial charge >= 0.3 is 0 Å². The first-order valence-corrected chi connectivity index (χ1v) is 12.2. The molecule has 7 nitrogen and oxygen atoms in total. The van der Waals surface area contributed by atoms with Gasteiger partial charge in [0.25, 0.3) is 0 Å². The lowest BCUT2D eigenvalue weighted by Crippen LogP contribution is -2.51. The summed E-state index contributed by atoms with van der Waals surface area (Å²) in [5.74, 6) is -1.32. The number of carbonyl (C=O) groups is 2. The third-order valence-corrected chi connectivity index (χ3v) is 6.43. The SMILES string of the molecule is CCNC(=O)[C@H](C)N(Cc1ccc(F)cc1)C(=O)CN(c1cccc(C)c1C)S(C)(=O)=O. The monoisotopic (exact) mass is 463 g/mol. The zero-order chi connectivity index (χ0) is 24.1. The van der Waals surface area contributed by atoms with Crippen LogP contribution in [0.5, 0.6) is 0 Å². The fourth-order valence-electron chi connectivity index (χ4n) is 3.29. The molecule has 1 N–H and O–H groups in total. The van der Waals surface area contributed by atoms with E-state index in [0.717, 1.165) is 21.7 Å². The molecule has 0 aliphatic heterocycles. The molecule has 0 saturated carbocycles. The number of nitrogens with zero attached hydrogens (tertiary/aromatic N) is 2. The Morgan fingerprint density at radius 3 is 2.28 bits per heavy atom. The highest BCUT2D eigenvalue weighted by Crippen LogP contribution is 2.25. The number of aryl methyl sites for hydroxylation is 1. The number of anilines is 1. The van der Waals surface area contributed by atoms with Crippen LogP contribution in [0.2, 0.25) is 0 Å². The predicted octanol–water partition coefficient (Wildman–Crippen LogP) is 2.76. The largest absolute Gasteiger partial charge is 0.355 e. The number of amides is 2. The average Bonchev–Trinajstić information content (AvgIpc) is 2.72. The standard InChI is InChI=1S/C23H30FN3O4S/c1-6-25-23(29)18(4)26(14-19-10-12-20(24)13-11-19)22(28)15-27(32(5,30)31)21-9-7-8-16(2)17(21)3/h7-13,18H,6,14-15H2,1-5H3,(H,25,29)/t18-/m0/s1. The number of rotatable bonds is 9. The van der Waals surface area contributed by atoms with Gasteiger partial charge in [-0.3, -0.25) is 13.9 Å². The Hall–Kier alpha value is -2.94. The molecular formula is C23H30FN3O4S. The number of halogens is 1. The second-order valence-electron chi connectivity index (χ2n) is 7.71. The Morgan fingerprint density at radius 1 is 1.09 bits per heavy atom. The van der Waals surface area contributed by atoms with Gasteiger partial charge in [-0.2, -0.15) is 0 Å². The number of carbonyl (C=O) groups excluding carboxylic acids is 2. The molecule has 0 saturated heterocycles. The minimum atomic E-state index is -3.78. The van der Waals surface area contributed by atoms with Crippen LogP contribution in [-0.2, 0) is 26.2 Å². The minimum Gasteiger partial charge on any atom is -0.355 e. The summed E-state index contributed by atoms with van der Waals surface area (Å²) in [7, 11) is -3.78. The maximum absolute atomic E-state index is 13.4. The normalized spacial score (nSPS) is 12.2. The van der Waals surface area contributed by atoms with Crippen molar-refractivity contribution in [3.63, 3.8) is 0 Å². The van der Waals surface area contributed by atoms with Crippen LogP contribution in [0.4, 0.5) is 10.1 Å². The molecule has 1 atom stereocenters. The van der Waals surface area contributed by atoms with E-state index in [9.17, 15) is 22.4 Å². The molecule has 0 radical (unpaired) electrons. The van der Waals surface area contributed by atoms with Crippen LogP contribution >= 0.6 is 0 Å². The van der Waals surface area contributed by atoms with Crippen LogP contribution < -0.4 is 9.62 Å². The van der Waals surface area contributed by atoms with Crippen molar-refractivity contribution in [2.24, 2.45) is 0 Å². The van der Waals surface area contributed by atoms with Crippen molar-refractivity contribution in [3.8, 4) is 0 Å². The Balaban J connectivity index is 2.42. The number of benzene rings is 2. The van der Waals surface area contributed by atoms with Gasteiger partial charge in [-0.15, -0.1) is 0 Å². The second kappa shape index (κ2) is 10.6. The lowest BCUT2D eigenvalue weighted by molar-refractivity contribution is -0.139. The third kappa shape index (κ3) is 6.29. The molecule has 0 aromatic heterocycles. The van der Waals surface area contributed by atoms with E-state index in [4.69, 9.17) is 0 Å². The van der Waals surface area contributed by atoms with Gasteiger partial charge in [0, 0.05) is 13.1 Å². The van der Waals surface area contributed by atoms with Gasteiger partial charge in [0.05, 0.1) is 11.9 Å². The summed E-state index contributed by atoms with van der Waals surface area (Å²) in [6.45, 7) is 6.95. The molecule has 2 aromatic carbocycles. The minimum absolute atomic E-state index is 0.0296. The van der Waals surface area contributed by atoms with E-state index in [2.05, 4.69) is 5.32 Å². The number of likely N-dealkylation sites (N-methyl/N-ethyl adjacent to an activating group) is 1. The fraction of sp³-hybridized carbons (Fsp3) is 0.391. The van der Waals surface area contributed by atoms with E-state index in [1.54, 1.807) is 32.9 Å². The average molecular weight is 464 g/mol. The van der Waals surface area contributed by atoms with Crippen molar-refractivity contribution in [3.05, 3.63) is 65.0 Å². The van der Waals surface area contributed by atoms with Crippen molar-refractivity contribution in [2.45, 2.75) is 40.3 Å². The van der Waals surface area contributed by atoms with Gasteiger partial charge in [-0.1, -0.05) is 24.3 Å². The summed E-state index contributed by atoms with van der Waals surface area (Å²) in [5.41, 5.74) is 2.66. The lowest BCUT2D eigenvalue weighted by Gasteiger charge is -2.32. The first kappa shape index (κ1) is 25.3. The van der Waals surface area contributed by atoms with Gasteiger partial charge < -0.3 is 10.2 Å². The molecule has 0 aliphatic carbocycles. The van der Waals surface area contributed by atoms with Crippen molar-refractivity contribution >= 4 is 27.5 Å². The zero-order valence-electron chi connectivity index (χ0n) is 19.1. The molecule has 0 fully saturated rings. The summed E-state index contributed by atoms with van der Waals surface area (Å²) >= 11 is 0. The Kier molecular flexibility index (Phi) is 8.38. The van der Waals surface area contributed by atoms with Crippen molar-refractivity contribution in [2.75, 3.05) is 23.7 Å². The number of sulfonamides is 1. The molecule has 0 aliphatic rings. The highest BCUT2D eigenvalue weighted by molar-refractivity contribution is 7.92. The number of hydrogen-bond donors (Lipinski definition) is 1. The highest BCUT2D eigenvalue weighted by atomic mass is 32.2. The first-order valence-electron chi connectivity index (χ1n) is 10.3. The molecule has 9 heteroatoms. The Labute approximate surface area is 189 Å². The maximum Gasteiger partial charge on any atom is 0.244 e. The van der Waals surface area contributed by atoms with Gasteiger partial charge in [-0.05, 0) is 62.6 Å². The third-order valence-electron chi connectivity index (χ3n) is 5.31. The molecular weight excluding hydrogens is 433 g/mol. The van der Waals surface area contributed by atoms with Crippen LogP contribution in [0, 0.1) is 19.7 Å². The summed E-state index contributed by atoms with van der Waals surface area (Å²) in [6, 6.07) is 9.98. The topological polar surface area (TPSA) is 86.8 Å². The van der Waals surface area contributed by atoms with Crippen molar-refractivity contribution in [1.82, 2.24) is 10.2 Å². The van der Waals surface area contributed by atoms with Gasteiger partial charge in [0.15, 0.2) is 0 Å². The lowest BCUT2D eigenvalue weighted by atomic mass is 10.1. The van der Waals surface area contributed by atoms with E-state index in [-0.39, 0.29) is 12.5 Å². The predicted molar refractivity (Wildman–Crippen MR) is 123 cm³/mol. The van der Waals surface area contributed by atoms with E-state index >= 15 is 0 Å². The molecule has 174 valence electrons. The number of nitrogens with one attached hydrogen (secondary N) is 1. The summed E-state index contributed by atoms with van der Waals surface area (Å²) in [6.07, 6.45) is 1.04. The van der Waals surface area contributed by atoms with Gasteiger partial charge in [0.1, 0.15) is 18.4 Å². The first-order chi connectivity index (χ1) is 15.0. The van der Waals surface area contributed by atoms with Crippen LogP contribution in [0.3, 0.4) is 0 Å². The molecule has 32 heavy (non-hydrogen) atoms. The molecule has 2 aromatic rings. The number of hydrogen-bond acceptors (Lipinski definition) is 4. The molecule has 2 rings (SSSR count). The van der Waals surface area contributed by atoms with E-state index < -0.39 is 34.3 Å². The maximum atomic E-state index is 13.4. The molecule has 0 heterocycles. The molecule has 0 spiro atoms. The van der Waals surface area contributed by atoms with Crippen molar-refractivity contribution in [1.29, 1.82) is 0 Å². The van der Waals surface area contributed by atoms with E-state index in [1.807, 2.05) is 13.0 Å². The summed E-state index contributed by atoms with van der Waals surface area (Å²) in [5, 5.41) is 2.68. The molecule has 0 unspecified atom stereocenters. The second-order valence-corrected chi connectivity index (χ2v) is 9.61. The highest BCUT2D eigenvalue weighted by Gasteiger charge is 2.30. The Bertz CT molecular complexity index is 1070. The van der Waals surface area contributed by atoms with Crippen LogP contribution in [0.1, 0.15) is 30.5 Å². The quantitative estimate of drug-likeness (QED) is 0.620. The van der Waals surface area contributed by atoms with Gasteiger partial charge in [0.2, 0.25) is 21.8 Å². The smallest absolute Gasteiger partial charge is 0.244 e. The zero-order valence-corrected chi connectivity index (χ0v) is 19.9. The van der Waals surface area contributed by atoms with Gasteiger partial charge in [-0.25, -0.2) is 12.8 Å². The summed E-state index contributed by atoms with van der Waals surface area (Å²) in [4.78, 5) is 27.2. The Morgan fingerprint density at radius 2 is 1.72 bits per heavy atom.